The third kappa shape index (κ3) is 3.37. The number of hydrogen-bond donors (Lipinski definition) is 1. The number of benzene rings is 1. The Balaban J connectivity index is 2.18. The zero-order chi connectivity index (χ0) is 14.8. The molecule has 1 aliphatic heterocycles. The number of piperidine rings is 1. The molecule has 0 saturated carbocycles. The van der Waals surface area contributed by atoms with Gasteiger partial charge in [0.25, 0.3) is 0 Å². The average Bonchev–Trinajstić information content (AvgIpc) is 2.41. The van der Waals surface area contributed by atoms with Gasteiger partial charge in [0.1, 0.15) is 5.82 Å². The molecule has 1 aromatic carbocycles. The number of sulfonamides is 1. The maximum Gasteiger partial charge on any atom is 0.218 e. The SMILES string of the molecule is CC1CCCN(S(=O)(=O)Cc2ccc(F)cc2)C1CN. The van der Waals surface area contributed by atoms with Gasteiger partial charge in [-0.15, -0.1) is 0 Å². The molecule has 0 spiro atoms. The van der Waals surface area contributed by atoms with Crippen LogP contribution in [0, 0.1) is 11.7 Å². The quantitative estimate of drug-likeness (QED) is 0.921. The minimum Gasteiger partial charge on any atom is -0.329 e. The van der Waals surface area contributed by atoms with Crippen LogP contribution >= 0.6 is 0 Å². The molecule has 20 heavy (non-hydrogen) atoms. The highest BCUT2D eigenvalue weighted by Gasteiger charge is 2.35. The fraction of sp³-hybridized carbons (Fsp3) is 0.571. The van der Waals surface area contributed by atoms with Gasteiger partial charge in [-0.25, -0.2) is 12.8 Å². The summed E-state index contributed by atoms with van der Waals surface area (Å²) in [6.07, 6.45) is 1.87. The molecule has 2 atom stereocenters. The van der Waals surface area contributed by atoms with Crippen molar-refractivity contribution in [2.45, 2.75) is 31.6 Å². The van der Waals surface area contributed by atoms with E-state index in [0.29, 0.717) is 18.7 Å². The first kappa shape index (κ1) is 15.4. The van der Waals surface area contributed by atoms with Crippen molar-refractivity contribution < 1.29 is 12.8 Å². The average molecular weight is 300 g/mol. The smallest absolute Gasteiger partial charge is 0.218 e. The van der Waals surface area contributed by atoms with Gasteiger partial charge in [0.2, 0.25) is 10.0 Å². The van der Waals surface area contributed by atoms with E-state index < -0.39 is 10.0 Å². The van der Waals surface area contributed by atoms with E-state index in [1.165, 1.54) is 28.6 Å². The van der Waals surface area contributed by atoms with Gasteiger partial charge in [0, 0.05) is 19.1 Å². The highest BCUT2D eigenvalue weighted by molar-refractivity contribution is 7.88. The molecule has 1 saturated heterocycles. The first-order chi connectivity index (χ1) is 9.44. The van der Waals surface area contributed by atoms with Crippen LogP contribution in [-0.4, -0.2) is 31.9 Å². The molecule has 1 aromatic rings. The van der Waals surface area contributed by atoms with E-state index in [1.54, 1.807) is 0 Å². The minimum atomic E-state index is -3.41. The second kappa shape index (κ2) is 6.20. The number of rotatable bonds is 4. The van der Waals surface area contributed by atoms with Crippen LogP contribution in [-0.2, 0) is 15.8 Å². The fourth-order valence-corrected chi connectivity index (χ4v) is 4.67. The normalized spacial score (nSPS) is 24.8. The van der Waals surface area contributed by atoms with Crippen LogP contribution in [0.3, 0.4) is 0 Å². The number of halogens is 1. The Labute approximate surface area is 119 Å². The van der Waals surface area contributed by atoms with E-state index in [1.807, 2.05) is 6.92 Å². The monoisotopic (exact) mass is 300 g/mol. The van der Waals surface area contributed by atoms with Gasteiger partial charge in [-0.05, 0) is 36.5 Å². The van der Waals surface area contributed by atoms with Gasteiger partial charge in [0.05, 0.1) is 5.75 Å². The molecule has 6 heteroatoms. The summed E-state index contributed by atoms with van der Waals surface area (Å²) >= 11 is 0. The van der Waals surface area contributed by atoms with Crippen LogP contribution < -0.4 is 5.73 Å². The Morgan fingerprint density at radius 3 is 2.60 bits per heavy atom. The van der Waals surface area contributed by atoms with Gasteiger partial charge in [-0.1, -0.05) is 19.1 Å². The predicted octanol–water partition coefficient (Wildman–Crippen LogP) is 1.71. The van der Waals surface area contributed by atoms with E-state index in [-0.39, 0.29) is 23.5 Å². The molecule has 0 amide bonds. The molecule has 0 radical (unpaired) electrons. The number of nitrogens with two attached hydrogens (primary N) is 1. The zero-order valence-electron chi connectivity index (χ0n) is 11.6. The lowest BCUT2D eigenvalue weighted by molar-refractivity contribution is 0.192. The van der Waals surface area contributed by atoms with Gasteiger partial charge < -0.3 is 5.73 Å². The zero-order valence-corrected chi connectivity index (χ0v) is 12.4. The third-order valence-electron chi connectivity index (χ3n) is 3.93. The summed E-state index contributed by atoms with van der Waals surface area (Å²) in [6.45, 7) is 2.90. The van der Waals surface area contributed by atoms with Crippen LogP contribution in [0.2, 0.25) is 0 Å². The van der Waals surface area contributed by atoms with Crippen molar-refractivity contribution in [3.8, 4) is 0 Å². The second-order valence-electron chi connectivity index (χ2n) is 5.42. The molecule has 0 aromatic heterocycles. The van der Waals surface area contributed by atoms with E-state index in [2.05, 4.69) is 0 Å². The minimum absolute atomic E-state index is 0.101. The van der Waals surface area contributed by atoms with Gasteiger partial charge in [-0.2, -0.15) is 4.31 Å². The largest absolute Gasteiger partial charge is 0.329 e. The van der Waals surface area contributed by atoms with Gasteiger partial charge in [-0.3, -0.25) is 0 Å². The summed E-state index contributed by atoms with van der Waals surface area (Å²) in [7, 11) is -3.41. The van der Waals surface area contributed by atoms with E-state index in [4.69, 9.17) is 5.73 Å². The van der Waals surface area contributed by atoms with E-state index in [0.717, 1.165) is 12.8 Å². The Morgan fingerprint density at radius 1 is 1.35 bits per heavy atom. The van der Waals surface area contributed by atoms with Crippen LogP contribution in [0.4, 0.5) is 4.39 Å². The van der Waals surface area contributed by atoms with Gasteiger partial charge in [0.15, 0.2) is 0 Å². The van der Waals surface area contributed by atoms with Crippen molar-refractivity contribution >= 4 is 10.0 Å². The van der Waals surface area contributed by atoms with Crippen molar-refractivity contribution in [3.63, 3.8) is 0 Å². The van der Waals surface area contributed by atoms with Crippen LogP contribution in [0.25, 0.3) is 0 Å². The maximum absolute atomic E-state index is 12.9. The molecular formula is C14H21FN2O2S. The molecule has 4 nitrogen and oxygen atoms in total. The molecular weight excluding hydrogens is 279 g/mol. The van der Waals surface area contributed by atoms with Crippen molar-refractivity contribution in [3.05, 3.63) is 35.6 Å². The van der Waals surface area contributed by atoms with Crippen molar-refractivity contribution in [1.29, 1.82) is 0 Å². The second-order valence-corrected chi connectivity index (χ2v) is 7.34. The fourth-order valence-electron chi connectivity index (χ4n) is 2.78. The lowest BCUT2D eigenvalue weighted by Crippen LogP contribution is -2.51. The Hall–Kier alpha value is -0.980. The molecule has 1 fully saturated rings. The molecule has 2 N–H and O–H groups in total. The molecule has 2 rings (SSSR count). The highest BCUT2D eigenvalue weighted by atomic mass is 32.2. The first-order valence-electron chi connectivity index (χ1n) is 6.88. The van der Waals surface area contributed by atoms with Crippen molar-refractivity contribution in [2.75, 3.05) is 13.1 Å². The first-order valence-corrected chi connectivity index (χ1v) is 8.49. The molecule has 1 heterocycles. The summed E-state index contributed by atoms with van der Waals surface area (Å²) in [5.74, 6) is -0.189. The van der Waals surface area contributed by atoms with Crippen LogP contribution in [0.15, 0.2) is 24.3 Å². The Bertz CT molecular complexity index is 545. The van der Waals surface area contributed by atoms with Crippen molar-refractivity contribution in [2.24, 2.45) is 11.7 Å². The molecule has 2 unspecified atom stereocenters. The number of hydrogen-bond acceptors (Lipinski definition) is 3. The summed E-state index contributed by atoms with van der Waals surface area (Å²) in [4.78, 5) is 0. The molecule has 0 bridgehead atoms. The summed E-state index contributed by atoms with van der Waals surface area (Å²) < 4.78 is 39.5. The lowest BCUT2D eigenvalue weighted by Gasteiger charge is -2.38. The molecule has 1 aliphatic rings. The van der Waals surface area contributed by atoms with Crippen molar-refractivity contribution in [1.82, 2.24) is 4.31 Å². The Morgan fingerprint density at radius 2 is 2.00 bits per heavy atom. The topological polar surface area (TPSA) is 63.4 Å². The molecule has 0 aliphatic carbocycles. The Kier molecular flexibility index (Phi) is 4.78. The van der Waals surface area contributed by atoms with E-state index in [9.17, 15) is 12.8 Å². The number of nitrogens with zero attached hydrogens (tertiary/aromatic N) is 1. The lowest BCUT2D eigenvalue weighted by atomic mass is 9.93. The standard InChI is InChI=1S/C14H21FN2O2S/c1-11-3-2-8-17(14(11)9-16)20(18,19)10-12-4-6-13(15)7-5-12/h4-7,11,14H,2-3,8-10,16H2,1H3. The van der Waals surface area contributed by atoms with Crippen LogP contribution in [0.1, 0.15) is 25.3 Å². The third-order valence-corrected chi connectivity index (χ3v) is 5.79. The summed E-state index contributed by atoms with van der Waals surface area (Å²) in [5.41, 5.74) is 6.34. The van der Waals surface area contributed by atoms with E-state index >= 15 is 0 Å². The predicted molar refractivity (Wildman–Crippen MR) is 77.0 cm³/mol. The van der Waals surface area contributed by atoms with Gasteiger partial charge >= 0.3 is 0 Å². The maximum atomic E-state index is 12.9. The molecule has 112 valence electrons. The van der Waals surface area contributed by atoms with Crippen LogP contribution in [0.5, 0.6) is 0 Å². The summed E-state index contributed by atoms with van der Waals surface area (Å²) in [6, 6.07) is 5.46. The highest BCUT2D eigenvalue weighted by Crippen LogP contribution is 2.26. The summed E-state index contributed by atoms with van der Waals surface area (Å²) in [5, 5.41) is 0.